The number of hydrogen-bond donors (Lipinski definition) is 2. The van der Waals surface area contributed by atoms with E-state index in [9.17, 15) is 5.11 Å². The highest BCUT2D eigenvalue weighted by molar-refractivity contribution is 5.91. The Morgan fingerprint density at radius 1 is 1.25 bits per heavy atom. The zero-order chi connectivity index (χ0) is 14.1. The number of fused-ring (bicyclic) bond motifs is 1. The zero-order valence-electron chi connectivity index (χ0n) is 11.3. The molecule has 102 valence electrons. The minimum absolute atomic E-state index is 0.102. The molecule has 3 aromatic rings. The van der Waals surface area contributed by atoms with Crippen LogP contribution in [0.4, 0.5) is 11.5 Å². The molecule has 0 aliphatic carbocycles. The highest BCUT2D eigenvalue weighted by atomic mass is 16.3. The van der Waals surface area contributed by atoms with Crippen molar-refractivity contribution in [3.63, 3.8) is 0 Å². The number of benzene rings is 1. The molecule has 0 radical (unpaired) electrons. The summed E-state index contributed by atoms with van der Waals surface area (Å²) in [5.74, 6) is 1.30. The lowest BCUT2D eigenvalue weighted by Crippen LogP contribution is -1.97. The van der Waals surface area contributed by atoms with Gasteiger partial charge in [0, 0.05) is 11.3 Å². The lowest BCUT2D eigenvalue weighted by Gasteiger charge is -2.07. The second-order valence-corrected chi connectivity index (χ2v) is 4.69. The SMILES string of the molecule is Cc1cccc(Nc2ncnc3oc(C)c(CO)c23)c1. The Labute approximate surface area is 116 Å². The van der Waals surface area contributed by atoms with Crippen molar-refractivity contribution in [3.05, 3.63) is 47.5 Å². The molecule has 0 amide bonds. The van der Waals surface area contributed by atoms with Gasteiger partial charge < -0.3 is 14.8 Å². The summed E-state index contributed by atoms with van der Waals surface area (Å²) in [6, 6.07) is 8.00. The molecule has 0 aliphatic rings. The maximum Gasteiger partial charge on any atom is 0.231 e. The lowest BCUT2D eigenvalue weighted by atomic mass is 10.2. The number of furan rings is 1. The van der Waals surface area contributed by atoms with Crippen LogP contribution in [0.1, 0.15) is 16.9 Å². The summed E-state index contributed by atoms with van der Waals surface area (Å²) >= 11 is 0. The molecule has 20 heavy (non-hydrogen) atoms. The summed E-state index contributed by atoms with van der Waals surface area (Å²) in [5, 5.41) is 13.5. The Balaban J connectivity index is 2.11. The third-order valence-corrected chi connectivity index (χ3v) is 3.23. The van der Waals surface area contributed by atoms with Crippen LogP contribution in [0.25, 0.3) is 11.1 Å². The summed E-state index contributed by atoms with van der Waals surface area (Å²) in [6.07, 6.45) is 1.45. The van der Waals surface area contributed by atoms with Gasteiger partial charge in [0.25, 0.3) is 0 Å². The maximum atomic E-state index is 9.50. The average Bonchev–Trinajstić information content (AvgIpc) is 2.75. The molecule has 0 unspecified atom stereocenters. The van der Waals surface area contributed by atoms with Crippen molar-refractivity contribution < 1.29 is 9.52 Å². The Bertz CT molecular complexity index is 765. The van der Waals surface area contributed by atoms with E-state index in [1.807, 2.05) is 38.1 Å². The van der Waals surface area contributed by atoms with Crippen molar-refractivity contribution in [3.8, 4) is 0 Å². The van der Waals surface area contributed by atoms with Gasteiger partial charge in [-0.05, 0) is 31.5 Å². The van der Waals surface area contributed by atoms with Crippen molar-refractivity contribution >= 4 is 22.6 Å². The predicted molar refractivity (Wildman–Crippen MR) is 76.9 cm³/mol. The number of rotatable bonds is 3. The quantitative estimate of drug-likeness (QED) is 0.764. The van der Waals surface area contributed by atoms with Gasteiger partial charge >= 0.3 is 0 Å². The van der Waals surface area contributed by atoms with E-state index in [-0.39, 0.29) is 6.61 Å². The second-order valence-electron chi connectivity index (χ2n) is 4.69. The number of aryl methyl sites for hydroxylation is 2. The van der Waals surface area contributed by atoms with Crippen molar-refractivity contribution in [2.45, 2.75) is 20.5 Å². The minimum Gasteiger partial charge on any atom is -0.442 e. The fourth-order valence-electron chi connectivity index (χ4n) is 2.25. The van der Waals surface area contributed by atoms with Gasteiger partial charge in [0.2, 0.25) is 5.71 Å². The highest BCUT2D eigenvalue weighted by Crippen LogP contribution is 2.30. The van der Waals surface area contributed by atoms with Crippen LogP contribution in [0.15, 0.2) is 35.0 Å². The van der Waals surface area contributed by atoms with E-state index in [0.717, 1.165) is 22.2 Å². The van der Waals surface area contributed by atoms with E-state index in [4.69, 9.17) is 4.42 Å². The van der Waals surface area contributed by atoms with Gasteiger partial charge in [-0.2, -0.15) is 0 Å². The lowest BCUT2D eigenvalue weighted by molar-refractivity contribution is 0.280. The van der Waals surface area contributed by atoms with Crippen molar-refractivity contribution in [2.24, 2.45) is 0 Å². The maximum absolute atomic E-state index is 9.50. The summed E-state index contributed by atoms with van der Waals surface area (Å²) < 4.78 is 5.54. The largest absolute Gasteiger partial charge is 0.442 e. The molecule has 0 bridgehead atoms. The van der Waals surface area contributed by atoms with Crippen LogP contribution in [-0.2, 0) is 6.61 Å². The number of aliphatic hydroxyl groups excluding tert-OH is 1. The first-order valence-corrected chi connectivity index (χ1v) is 6.36. The van der Waals surface area contributed by atoms with E-state index in [0.29, 0.717) is 17.3 Å². The molecule has 2 aromatic heterocycles. The molecular weight excluding hydrogens is 254 g/mol. The van der Waals surface area contributed by atoms with Crippen LogP contribution >= 0.6 is 0 Å². The van der Waals surface area contributed by atoms with Gasteiger partial charge in [-0.1, -0.05) is 12.1 Å². The summed E-state index contributed by atoms with van der Waals surface area (Å²) in [4.78, 5) is 8.36. The van der Waals surface area contributed by atoms with Gasteiger partial charge in [0.05, 0.1) is 12.0 Å². The van der Waals surface area contributed by atoms with Gasteiger partial charge in [-0.25, -0.2) is 9.97 Å². The summed E-state index contributed by atoms with van der Waals surface area (Å²) in [5.41, 5.74) is 3.30. The van der Waals surface area contributed by atoms with Gasteiger partial charge in [-0.15, -0.1) is 0 Å². The van der Waals surface area contributed by atoms with E-state index in [1.165, 1.54) is 6.33 Å². The third-order valence-electron chi connectivity index (χ3n) is 3.23. The highest BCUT2D eigenvalue weighted by Gasteiger charge is 2.16. The van der Waals surface area contributed by atoms with Gasteiger partial charge in [0.1, 0.15) is 17.9 Å². The first-order chi connectivity index (χ1) is 9.69. The van der Waals surface area contributed by atoms with Crippen LogP contribution in [0.3, 0.4) is 0 Å². The van der Waals surface area contributed by atoms with Crippen LogP contribution in [0.5, 0.6) is 0 Å². The summed E-state index contributed by atoms with van der Waals surface area (Å²) in [6.45, 7) is 3.74. The Morgan fingerprint density at radius 3 is 2.85 bits per heavy atom. The van der Waals surface area contributed by atoms with Crippen LogP contribution in [-0.4, -0.2) is 15.1 Å². The van der Waals surface area contributed by atoms with Crippen molar-refractivity contribution in [2.75, 3.05) is 5.32 Å². The predicted octanol–water partition coefficient (Wildman–Crippen LogP) is 3.08. The molecule has 1 aromatic carbocycles. The topological polar surface area (TPSA) is 71.2 Å². The fraction of sp³-hybridized carbons (Fsp3) is 0.200. The Kier molecular flexibility index (Phi) is 3.12. The third kappa shape index (κ3) is 2.12. The number of nitrogens with zero attached hydrogens (tertiary/aromatic N) is 2. The number of aromatic nitrogens is 2. The van der Waals surface area contributed by atoms with Crippen molar-refractivity contribution in [1.82, 2.24) is 9.97 Å². The molecule has 0 fully saturated rings. The molecule has 3 rings (SSSR count). The number of nitrogens with one attached hydrogen (secondary N) is 1. The van der Waals surface area contributed by atoms with Crippen molar-refractivity contribution in [1.29, 1.82) is 0 Å². The standard InChI is InChI=1S/C15H15N3O2/c1-9-4-3-5-11(6-9)18-14-13-12(7-19)10(2)20-15(13)17-8-16-14/h3-6,8,19H,7H2,1-2H3,(H,16,17,18). The molecule has 5 nitrogen and oxygen atoms in total. The average molecular weight is 269 g/mol. The Morgan fingerprint density at radius 2 is 2.10 bits per heavy atom. The first-order valence-electron chi connectivity index (χ1n) is 6.36. The monoisotopic (exact) mass is 269 g/mol. The Hall–Kier alpha value is -2.40. The molecule has 0 saturated carbocycles. The zero-order valence-corrected chi connectivity index (χ0v) is 11.3. The fourth-order valence-corrected chi connectivity index (χ4v) is 2.25. The number of hydrogen-bond acceptors (Lipinski definition) is 5. The van der Waals surface area contributed by atoms with Crippen LogP contribution in [0.2, 0.25) is 0 Å². The summed E-state index contributed by atoms with van der Waals surface area (Å²) in [7, 11) is 0. The molecule has 5 heteroatoms. The number of aliphatic hydroxyl groups is 1. The normalized spacial score (nSPS) is 10.9. The molecule has 0 spiro atoms. The van der Waals surface area contributed by atoms with Crippen LogP contribution in [0, 0.1) is 13.8 Å². The van der Waals surface area contributed by atoms with Gasteiger partial charge in [0.15, 0.2) is 0 Å². The first kappa shape index (κ1) is 12.6. The second kappa shape index (κ2) is 4.94. The van der Waals surface area contributed by atoms with Crippen LogP contribution < -0.4 is 5.32 Å². The smallest absolute Gasteiger partial charge is 0.231 e. The number of anilines is 2. The molecular formula is C15H15N3O2. The molecule has 0 saturated heterocycles. The molecule has 0 atom stereocenters. The van der Waals surface area contributed by atoms with E-state index in [2.05, 4.69) is 15.3 Å². The van der Waals surface area contributed by atoms with Gasteiger partial charge in [-0.3, -0.25) is 0 Å². The minimum atomic E-state index is -0.102. The van der Waals surface area contributed by atoms with E-state index >= 15 is 0 Å². The molecule has 2 heterocycles. The van der Waals surface area contributed by atoms with E-state index < -0.39 is 0 Å². The van der Waals surface area contributed by atoms with E-state index in [1.54, 1.807) is 0 Å². The molecule has 0 aliphatic heterocycles. The molecule has 2 N–H and O–H groups in total.